The standard InChI is InChI=1S/C13H28N2O4S2/c1-5-13(3,8-9-16)14-12(17)11(7-10-20-4)15-21(18,19)6-2/h11,15-16H,5-10H2,1-4H3,(H,14,17). The number of aliphatic hydroxyl groups is 1. The lowest BCUT2D eigenvalue weighted by molar-refractivity contribution is -0.124. The summed E-state index contributed by atoms with van der Waals surface area (Å²) < 4.78 is 25.9. The van der Waals surface area contributed by atoms with Gasteiger partial charge in [0.25, 0.3) is 0 Å². The molecule has 0 saturated heterocycles. The predicted molar refractivity (Wildman–Crippen MR) is 87.9 cm³/mol. The van der Waals surface area contributed by atoms with E-state index in [1.807, 2.05) is 20.1 Å². The van der Waals surface area contributed by atoms with Crippen molar-refractivity contribution in [3.8, 4) is 0 Å². The van der Waals surface area contributed by atoms with Gasteiger partial charge in [-0.2, -0.15) is 11.8 Å². The smallest absolute Gasteiger partial charge is 0.238 e. The Morgan fingerprint density at radius 1 is 1.38 bits per heavy atom. The molecule has 0 spiro atoms. The van der Waals surface area contributed by atoms with E-state index in [0.717, 1.165) is 0 Å². The monoisotopic (exact) mass is 340 g/mol. The molecule has 2 atom stereocenters. The molecule has 0 aliphatic carbocycles. The van der Waals surface area contributed by atoms with E-state index in [2.05, 4.69) is 10.0 Å². The van der Waals surface area contributed by atoms with Gasteiger partial charge in [0.15, 0.2) is 0 Å². The second kappa shape index (κ2) is 9.66. The molecule has 0 aliphatic rings. The molecule has 0 fully saturated rings. The molecule has 0 saturated carbocycles. The zero-order chi connectivity index (χ0) is 16.5. The summed E-state index contributed by atoms with van der Waals surface area (Å²) in [6, 6.07) is -0.771. The van der Waals surface area contributed by atoms with Crippen LogP contribution in [0.3, 0.4) is 0 Å². The molecule has 0 aromatic carbocycles. The molecular weight excluding hydrogens is 312 g/mol. The number of carbonyl (C=O) groups is 1. The Morgan fingerprint density at radius 3 is 2.43 bits per heavy atom. The number of hydrogen-bond donors (Lipinski definition) is 3. The van der Waals surface area contributed by atoms with Crippen molar-refractivity contribution in [2.75, 3.05) is 24.4 Å². The van der Waals surface area contributed by atoms with Gasteiger partial charge in [0.2, 0.25) is 15.9 Å². The maximum atomic E-state index is 12.4. The van der Waals surface area contributed by atoms with Crippen LogP contribution < -0.4 is 10.0 Å². The van der Waals surface area contributed by atoms with Crippen molar-refractivity contribution in [1.82, 2.24) is 10.0 Å². The van der Waals surface area contributed by atoms with Gasteiger partial charge < -0.3 is 10.4 Å². The SMILES string of the molecule is CCC(C)(CCO)NC(=O)C(CCSC)NS(=O)(=O)CC. The molecular formula is C13H28N2O4S2. The van der Waals surface area contributed by atoms with Crippen molar-refractivity contribution in [1.29, 1.82) is 0 Å². The van der Waals surface area contributed by atoms with Gasteiger partial charge in [0.05, 0.1) is 5.75 Å². The van der Waals surface area contributed by atoms with Crippen molar-refractivity contribution in [2.45, 2.75) is 51.6 Å². The summed E-state index contributed by atoms with van der Waals surface area (Å²) in [5.41, 5.74) is -0.527. The third kappa shape index (κ3) is 8.04. The first-order valence-electron chi connectivity index (χ1n) is 7.15. The number of carbonyl (C=O) groups excluding carboxylic acids is 1. The van der Waals surface area contributed by atoms with Crippen molar-refractivity contribution >= 4 is 27.7 Å². The van der Waals surface area contributed by atoms with Gasteiger partial charge >= 0.3 is 0 Å². The van der Waals surface area contributed by atoms with Gasteiger partial charge in [-0.1, -0.05) is 6.92 Å². The van der Waals surface area contributed by atoms with Crippen LogP contribution in [0.2, 0.25) is 0 Å². The first kappa shape index (κ1) is 20.7. The molecule has 0 aliphatic heterocycles. The van der Waals surface area contributed by atoms with E-state index < -0.39 is 21.6 Å². The van der Waals surface area contributed by atoms with Crippen LogP contribution in [0.4, 0.5) is 0 Å². The third-order valence-corrected chi connectivity index (χ3v) is 5.55. The van der Waals surface area contributed by atoms with E-state index in [9.17, 15) is 13.2 Å². The summed E-state index contributed by atoms with van der Waals surface area (Å²) in [6.07, 6.45) is 3.44. The highest BCUT2D eigenvalue weighted by Gasteiger charge is 2.29. The molecule has 6 nitrogen and oxygen atoms in total. The van der Waals surface area contributed by atoms with Gasteiger partial charge in [-0.3, -0.25) is 4.79 Å². The maximum Gasteiger partial charge on any atom is 0.238 e. The number of amides is 1. The Balaban J connectivity index is 4.94. The average Bonchev–Trinajstić information content (AvgIpc) is 2.43. The number of hydrogen-bond acceptors (Lipinski definition) is 5. The van der Waals surface area contributed by atoms with Crippen LogP contribution in [0.1, 0.15) is 40.0 Å². The van der Waals surface area contributed by atoms with Crippen LogP contribution in [0.25, 0.3) is 0 Å². The molecule has 0 bridgehead atoms. The molecule has 1 amide bonds. The van der Waals surface area contributed by atoms with E-state index in [1.54, 1.807) is 11.8 Å². The molecule has 0 radical (unpaired) electrons. The Kier molecular flexibility index (Phi) is 9.51. The van der Waals surface area contributed by atoms with Gasteiger partial charge in [-0.15, -0.1) is 0 Å². The molecule has 3 N–H and O–H groups in total. The summed E-state index contributed by atoms with van der Waals surface area (Å²) in [7, 11) is -3.44. The second-order valence-corrected chi connectivity index (χ2v) is 8.26. The summed E-state index contributed by atoms with van der Waals surface area (Å²) >= 11 is 1.56. The molecule has 0 heterocycles. The minimum atomic E-state index is -3.44. The lowest BCUT2D eigenvalue weighted by Gasteiger charge is -2.31. The van der Waals surface area contributed by atoms with E-state index in [-0.39, 0.29) is 18.3 Å². The van der Waals surface area contributed by atoms with E-state index in [4.69, 9.17) is 5.11 Å². The van der Waals surface area contributed by atoms with Crippen LogP contribution in [0.15, 0.2) is 0 Å². The van der Waals surface area contributed by atoms with Gasteiger partial charge in [-0.05, 0) is 45.1 Å². The summed E-state index contributed by atoms with van der Waals surface area (Å²) in [4.78, 5) is 12.4. The fraction of sp³-hybridized carbons (Fsp3) is 0.923. The largest absolute Gasteiger partial charge is 0.396 e. The minimum absolute atomic E-state index is 0.0270. The number of thioether (sulfide) groups is 1. The summed E-state index contributed by atoms with van der Waals surface area (Å²) in [5, 5.41) is 11.9. The zero-order valence-electron chi connectivity index (χ0n) is 13.3. The fourth-order valence-electron chi connectivity index (χ4n) is 1.74. The van der Waals surface area contributed by atoms with Crippen molar-refractivity contribution in [3.05, 3.63) is 0 Å². The van der Waals surface area contributed by atoms with Crippen molar-refractivity contribution < 1.29 is 18.3 Å². The lowest BCUT2D eigenvalue weighted by Crippen LogP contribution is -2.54. The number of aliphatic hydroxyl groups excluding tert-OH is 1. The Bertz CT molecular complexity index is 414. The molecule has 126 valence electrons. The third-order valence-electron chi connectivity index (χ3n) is 3.50. The molecule has 21 heavy (non-hydrogen) atoms. The first-order chi connectivity index (χ1) is 9.73. The number of sulfonamides is 1. The van der Waals surface area contributed by atoms with E-state index in [0.29, 0.717) is 25.0 Å². The van der Waals surface area contributed by atoms with Crippen molar-refractivity contribution in [3.63, 3.8) is 0 Å². The Labute approximate surface area is 132 Å². The second-order valence-electron chi connectivity index (χ2n) is 5.23. The normalized spacial score (nSPS) is 16.2. The van der Waals surface area contributed by atoms with Gasteiger partial charge in [-0.25, -0.2) is 13.1 Å². The Hall–Kier alpha value is -0.310. The molecule has 0 rings (SSSR count). The van der Waals surface area contributed by atoms with Crippen molar-refractivity contribution in [2.24, 2.45) is 0 Å². The van der Waals surface area contributed by atoms with Crippen LogP contribution in [0.5, 0.6) is 0 Å². The zero-order valence-corrected chi connectivity index (χ0v) is 14.9. The summed E-state index contributed by atoms with van der Waals surface area (Å²) in [6.45, 7) is 5.28. The minimum Gasteiger partial charge on any atom is -0.396 e. The topological polar surface area (TPSA) is 95.5 Å². The van der Waals surface area contributed by atoms with Crippen LogP contribution in [0, 0.1) is 0 Å². The number of rotatable bonds is 11. The van der Waals surface area contributed by atoms with E-state index in [1.165, 1.54) is 6.92 Å². The quantitative estimate of drug-likeness (QED) is 0.515. The highest BCUT2D eigenvalue weighted by atomic mass is 32.2. The summed E-state index contributed by atoms with van der Waals surface area (Å²) in [5.74, 6) is 0.295. The maximum absolute atomic E-state index is 12.4. The van der Waals surface area contributed by atoms with Crippen LogP contribution in [-0.4, -0.2) is 55.4 Å². The molecule has 0 aromatic rings. The fourth-order valence-corrected chi connectivity index (χ4v) is 3.03. The predicted octanol–water partition coefficient (Wildman–Crippen LogP) is 0.715. The average molecular weight is 341 g/mol. The lowest BCUT2D eigenvalue weighted by atomic mass is 9.94. The van der Waals surface area contributed by atoms with Crippen LogP contribution in [-0.2, 0) is 14.8 Å². The van der Waals surface area contributed by atoms with Gasteiger partial charge in [0, 0.05) is 12.1 Å². The van der Waals surface area contributed by atoms with E-state index >= 15 is 0 Å². The Morgan fingerprint density at radius 2 is 2.00 bits per heavy atom. The number of nitrogens with one attached hydrogen (secondary N) is 2. The molecule has 8 heteroatoms. The highest BCUT2D eigenvalue weighted by molar-refractivity contribution is 7.98. The highest BCUT2D eigenvalue weighted by Crippen LogP contribution is 2.15. The molecule has 0 aromatic heterocycles. The van der Waals surface area contributed by atoms with Gasteiger partial charge in [0.1, 0.15) is 6.04 Å². The van der Waals surface area contributed by atoms with Crippen LogP contribution >= 0.6 is 11.8 Å². The first-order valence-corrected chi connectivity index (χ1v) is 10.2. The molecule has 2 unspecified atom stereocenters.